The molecule has 1 saturated heterocycles. The topological polar surface area (TPSA) is 87.2 Å². The molecular formula is C16H20N2O5. The van der Waals surface area contributed by atoms with Crippen molar-refractivity contribution in [1.29, 1.82) is 0 Å². The van der Waals surface area contributed by atoms with Gasteiger partial charge >= 0.3 is 5.97 Å². The molecule has 124 valence electrons. The van der Waals surface area contributed by atoms with Gasteiger partial charge in [0.2, 0.25) is 5.91 Å². The van der Waals surface area contributed by atoms with Crippen LogP contribution in [-0.4, -0.2) is 72.6 Å². The van der Waals surface area contributed by atoms with Crippen LogP contribution >= 0.6 is 0 Å². The molecule has 2 amide bonds. The average molecular weight is 320 g/mol. The van der Waals surface area contributed by atoms with Crippen LogP contribution in [0.25, 0.3) is 0 Å². The quantitative estimate of drug-likeness (QED) is 0.879. The minimum Gasteiger partial charge on any atom is -0.478 e. The molecule has 0 spiro atoms. The molecule has 7 nitrogen and oxygen atoms in total. The molecule has 0 bridgehead atoms. The van der Waals surface area contributed by atoms with Crippen molar-refractivity contribution in [2.45, 2.75) is 6.92 Å². The summed E-state index contributed by atoms with van der Waals surface area (Å²) in [4.78, 5) is 38.6. The minimum absolute atomic E-state index is 0.0464. The molecule has 0 aromatic heterocycles. The Kier molecular flexibility index (Phi) is 5.33. The second-order valence-electron chi connectivity index (χ2n) is 5.55. The van der Waals surface area contributed by atoms with Crippen LogP contribution in [0.2, 0.25) is 0 Å². The molecular weight excluding hydrogens is 300 g/mol. The first kappa shape index (κ1) is 17.0. The van der Waals surface area contributed by atoms with Crippen LogP contribution in [0.1, 0.15) is 26.3 Å². The monoisotopic (exact) mass is 320 g/mol. The third kappa shape index (κ3) is 4.29. The average Bonchev–Trinajstić information content (AvgIpc) is 2.54. The first-order valence-electron chi connectivity index (χ1n) is 7.34. The fourth-order valence-electron chi connectivity index (χ4n) is 2.44. The lowest BCUT2D eigenvalue weighted by Gasteiger charge is -2.28. The predicted octanol–water partition coefficient (Wildman–Crippen LogP) is 0.624. The van der Waals surface area contributed by atoms with E-state index in [4.69, 9.17) is 9.84 Å². The van der Waals surface area contributed by atoms with E-state index in [1.54, 1.807) is 17.9 Å². The minimum atomic E-state index is -1.09. The van der Waals surface area contributed by atoms with E-state index in [1.807, 2.05) is 0 Å². The molecule has 1 aliphatic rings. The van der Waals surface area contributed by atoms with Gasteiger partial charge in [0.05, 0.1) is 25.3 Å². The Labute approximate surface area is 134 Å². The summed E-state index contributed by atoms with van der Waals surface area (Å²) in [5.41, 5.74) is 1.00. The van der Waals surface area contributed by atoms with Gasteiger partial charge in [0, 0.05) is 25.7 Å². The fourth-order valence-corrected chi connectivity index (χ4v) is 2.44. The van der Waals surface area contributed by atoms with Crippen molar-refractivity contribution in [2.75, 3.05) is 39.9 Å². The molecule has 1 heterocycles. The largest absolute Gasteiger partial charge is 0.478 e. The number of hydrogen-bond acceptors (Lipinski definition) is 4. The van der Waals surface area contributed by atoms with Gasteiger partial charge in [-0.25, -0.2) is 4.79 Å². The highest BCUT2D eigenvalue weighted by molar-refractivity contribution is 5.99. The molecule has 0 aliphatic carbocycles. The first-order chi connectivity index (χ1) is 10.9. The molecule has 0 radical (unpaired) electrons. The van der Waals surface area contributed by atoms with E-state index in [9.17, 15) is 14.4 Å². The van der Waals surface area contributed by atoms with E-state index >= 15 is 0 Å². The second kappa shape index (κ2) is 7.23. The zero-order valence-corrected chi connectivity index (χ0v) is 13.2. The normalized spacial score (nSPS) is 14.4. The number of carboxylic acids is 1. The summed E-state index contributed by atoms with van der Waals surface area (Å²) in [7, 11) is 1.53. The molecule has 1 aromatic rings. The number of ether oxygens (including phenoxy) is 1. The Bertz CT molecular complexity index is 623. The summed E-state index contributed by atoms with van der Waals surface area (Å²) < 4.78 is 5.19. The summed E-state index contributed by atoms with van der Waals surface area (Å²) in [6.45, 7) is 3.73. The second-order valence-corrected chi connectivity index (χ2v) is 5.55. The number of amides is 2. The van der Waals surface area contributed by atoms with Gasteiger partial charge in [0.25, 0.3) is 5.91 Å². The number of hydrogen-bond donors (Lipinski definition) is 1. The van der Waals surface area contributed by atoms with Crippen LogP contribution in [0.3, 0.4) is 0 Å². The number of carbonyl (C=O) groups excluding carboxylic acids is 2. The van der Waals surface area contributed by atoms with E-state index in [-0.39, 0.29) is 29.5 Å². The predicted molar refractivity (Wildman–Crippen MR) is 82.5 cm³/mol. The van der Waals surface area contributed by atoms with Crippen LogP contribution in [0.5, 0.6) is 0 Å². The van der Waals surface area contributed by atoms with Gasteiger partial charge in [-0.15, -0.1) is 0 Å². The Morgan fingerprint density at radius 2 is 1.78 bits per heavy atom. The van der Waals surface area contributed by atoms with Gasteiger partial charge in [-0.3, -0.25) is 9.59 Å². The lowest BCUT2D eigenvalue weighted by molar-refractivity contribution is -0.135. The van der Waals surface area contributed by atoms with Crippen LogP contribution in [0, 0.1) is 6.92 Å². The van der Waals surface area contributed by atoms with Gasteiger partial charge in [0.1, 0.15) is 0 Å². The standard InChI is InChI=1S/C16H20N2O5/c1-11-7-12(9-13(8-11)16(21)22)15(20)17(2)10-14(19)18-3-5-23-6-4-18/h7-9H,3-6,10H2,1-2H3,(H,21,22). The van der Waals surface area contributed by atoms with Crippen molar-refractivity contribution in [3.8, 4) is 0 Å². The van der Waals surface area contributed by atoms with Crippen LogP contribution in [0.4, 0.5) is 0 Å². The van der Waals surface area contributed by atoms with E-state index < -0.39 is 5.97 Å². The van der Waals surface area contributed by atoms with Gasteiger partial charge in [-0.1, -0.05) is 0 Å². The zero-order valence-electron chi connectivity index (χ0n) is 13.2. The molecule has 1 N–H and O–H groups in total. The maximum Gasteiger partial charge on any atom is 0.335 e. The van der Waals surface area contributed by atoms with Crippen LogP contribution in [-0.2, 0) is 9.53 Å². The van der Waals surface area contributed by atoms with Crippen molar-refractivity contribution in [2.24, 2.45) is 0 Å². The number of carbonyl (C=O) groups is 3. The number of aryl methyl sites for hydroxylation is 1. The van der Waals surface area contributed by atoms with E-state index in [0.29, 0.717) is 31.9 Å². The molecule has 1 aliphatic heterocycles. The van der Waals surface area contributed by atoms with Crippen molar-refractivity contribution in [3.05, 3.63) is 34.9 Å². The Morgan fingerprint density at radius 1 is 1.17 bits per heavy atom. The van der Waals surface area contributed by atoms with Crippen molar-refractivity contribution >= 4 is 17.8 Å². The number of nitrogens with zero attached hydrogens (tertiary/aromatic N) is 2. The van der Waals surface area contributed by atoms with E-state index in [2.05, 4.69) is 0 Å². The molecule has 0 atom stereocenters. The SMILES string of the molecule is Cc1cc(C(=O)O)cc(C(=O)N(C)CC(=O)N2CCOCC2)c1. The lowest BCUT2D eigenvalue weighted by atomic mass is 10.1. The molecule has 1 aromatic carbocycles. The van der Waals surface area contributed by atoms with Gasteiger partial charge in [-0.05, 0) is 30.7 Å². The maximum atomic E-state index is 12.4. The van der Waals surface area contributed by atoms with Crippen LogP contribution in [0.15, 0.2) is 18.2 Å². The number of rotatable bonds is 4. The Balaban J connectivity index is 2.07. The van der Waals surface area contributed by atoms with Crippen molar-refractivity contribution < 1.29 is 24.2 Å². The maximum absolute atomic E-state index is 12.4. The molecule has 0 saturated carbocycles. The summed E-state index contributed by atoms with van der Waals surface area (Å²) in [5, 5.41) is 9.07. The molecule has 2 rings (SSSR count). The van der Waals surface area contributed by atoms with Gasteiger partial charge in [0.15, 0.2) is 0 Å². The lowest BCUT2D eigenvalue weighted by Crippen LogP contribution is -2.46. The zero-order chi connectivity index (χ0) is 17.0. The van der Waals surface area contributed by atoms with Gasteiger partial charge < -0.3 is 19.6 Å². The smallest absolute Gasteiger partial charge is 0.335 e. The number of likely N-dealkylation sites (N-methyl/N-ethyl adjacent to an activating group) is 1. The highest BCUT2D eigenvalue weighted by Crippen LogP contribution is 2.12. The highest BCUT2D eigenvalue weighted by atomic mass is 16.5. The summed E-state index contributed by atoms with van der Waals surface area (Å²) in [6, 6.07) is 4.44. The number of aromatic carboxylic acids is 1. The van der Waals surface area contributed by atoms with Crippen molar-refractivity contribution in [1.82, 2.24) is 9.80 Å². The van der Waals surface area contributed by atoms with Gasteiger partial charge in [-0.2, -0.15) is 0 Å². The third-order valence-electron chi connectivity index (χ3n) is 3.65. The van der Waals surface area contributed by atoms with E-state index in [0.717, 1.165) is 0 Å². The summed E-state index contributed by atoms with van der Waals surface area (Å²) >= 11 is 0. The number of carboxylic acid groups (broad SMARTS) is 1. The van der Waals surface area contributed by atoms with E-state index in [1.165, 1.54) is 24.1 Å². The molecule has 7 heteroatoms. The van der Waals surface area contributed by atoms with Crippen molar-refractivity contribution in [3.63, 3.8) is 0 Å². The number of benzene rings is 1. The Morgan fingerprint density at radius 3 is 2.39 bits per heavy atom. The Hall–Kier alpha value is -2.41. The molecule has 1 fully saturated rings. The fraction of sp³-hybridized carbons (Fsp3) is 0.438. The van der Waals surface area contributed by atoms with Crippen LogP contribution < -0.4 is 0 Å². The molecule has 0 unspecified atom stereocenters. The number of morpholine rings is 1. The third-order valence-corrected chi connectivity index (χ3v) is 3.65. The summed E-state index contributed by atoms with van der Waals surface area (Å²) in [5.74, 6) is -1.61. The molecule has 23 heavy (non-hydrogen) atoms. The summed E-state index contributed by atoms with van der Waals surface area (Å²) in [6.07, 6.45) is 0. The highest BCUT2D eigenvalue weighted by Gasteiger charge is 2.21. The first-order valence-corrected chi connectivity index (χ1v) is 7.34.